The van der Waals surface area contributed by atoms with Crippen molar-refractivity contribution in [1.29, 1.82) is 0 Å². The van der Waals surface area contributed by atoms with Crippen LogP contribution in [0, 0.1) is 11.6 Å². The van der Waals surface area contributed by atoms with Gasteiger partial charge in [0.1, 0.15) is 23.1 Å². The lowest BCUT2D eigenvalue weighted by molar-refractivity contribution is -0.137. The van der Waals surface area contributed by atoms with Gasteiger partial charge in [-0.15, -0.1) is 11.8 Å². The van der Waals surface area contributed by atoms with E-state index in [1.54, 1.807) is 44.4 Å². The predicted octanol–water partition coefficient (Wildman–Crippen LogP) is 6.69. The van der Waals surface area contributed by atoms with Crippen molar-refractivity contribution in [2.75, 3.05) is 23.7 Å². The first-order valence-corrected chi connectivity index (χ1v) is 14.6. The van der Waals surface area contributed by atoms with Gasteiger partial charge in [0.25, 0.3) is 0 Å². The normalized spacial score (nSPS) is 19.7. The van der Waals surface area contributed by atoms with Crippen molar-refractivity contribution in [2.24, 2.45) is 0 Å². The van der Waals surface area contributed by atoms with E-state index in [-0.39, 0.29) is 41.3 Å². The zero-order valence-corrected chi connectivity index (χ0v) is 24.6. The molecule has 2 aromatic carbocycles. The number of aryl methyl sites for hydroxylation is 1. The van der Waals surface area contributed by atoms with Crippen LogP contribution in [0.2, 0.25) is 0 Å². The van der Waals surface area contributed by atoms with Crippen molar-refractivity contribution in [3.63, 3.8) is 0 Å². The molecule has 0 saturated carbocycles. The maximum atomic E-state index is 15.0. The number of hydrogen-bond donors (Lipinski definition) is 0. The number of piperazine rings is 1. The summed E-state index contributed by atoms with van der Waals surface area (Å²) in [5.74, 6) is -1.61. The Balaban J connectivity index is 1.73. The molecule has 0 aliphatic carbocycles. The second-order valence-electron chi connectivity index (χ2n) is 11.7. The summed E-state index contributed by atoms with van der Waals surface area (Å²) in [4.78, 5) is 34.0. The zero-order valence-electron chi connectivity index (χ0n) is 23.8. The first-order valence-electron chi connectivity index (χ1n) is 13.6. The number of halogens is 5. The number of hydrogen-bond acceptors (Lipinski definition) is 6. The van der Waals surface area contributed by atoms with Crippen LogP contribution in [0.15, 0.2) is 34.0 Å². The molecule has 1 fully saturated rings. The van der Waals surface area contributed by atoms with Crippen LogP contribution in [0.3, 0.4) is 0 Å². The molecule has 2 atom stereocenters. The molecule has 7 nitrogen and oxygen atoms in total. The fourth-order valence-corrected chi connectivity index (χ4v) is 6.93. The quantitative estimate of drug-likeness (QED) is 0.301. The van der Waals surface area contributed by atoms with Crippen molar-refractivity contribution in [3.05, 3.63) is 51.9 Å². The van der Waals surface area contributed by atoms with Gasteiger partial charge in [0.05, 0.1) is 23.2 Å². The van der Waals surface area contributed by atoms with Gasteiger partial charge in [-0.2, -0.15) is 18.2 Å². The molecule has 2 aliphatic rings. The van der Waals surface area contributed by atoms with E-state index in [2.05, 4.69) is 4.98 Å². The lowest BCUT2D eigenvalue weighted by Crippen LogP contribution is -2.59. The van der Waals surface area contributed by atoms with Crippen molar-refractivity contribution < 1.29 is 31.5 Å². The summed E-state index contributed by atoms with van der Waals surface area (Å²) in [6, 6.07) is 2.54. The van der Waals surface area contributed by atoms with Crippen molar-refractivity contribution in [2.45, 2.75) is 76.3 Å². The highest BCUT2D eigenvalue weighted by atomic mass is 32.2. The van der Waals surface area contributed by atoms with Gasteiger partial charge in [0, 0.05) is 47.1 Å². The smallest absolute Gasteiger partial charge is 0.417 e. The average molecular weight is 611 g/mol. The molecule has 1 amide bonds. The van der Waals surface area contributed by atoms with E-state index < -0.39 is 64.0 Å². The number of carbonyl (C=O) groups is 1. The van der Waals surface area contributed by atoms with Gasteiger partial charge < -0.3 is 9.64 Å². The Morgan fingerprint density at radius 3 is 2.33 bits per heavy atom. The molecule has 5 rings (SSSR count). The number of alkyl halides is 3. The maximum Gasteiger partial charge on any atom is 0.417 e. The highest BCUT2D eigenvalue weighted by Crippen LogP contribution is 2.48. The molecule has 3 aromatic rings. The van der Waals surface area contributed by atoms with Crippen molar-refractivity contribution in [3.8, 4) is 11.1 Å². The number of anilines is 1. The first-order chi connectivity index (χ1) is 19.6. The van der Waals surface area contributed by atoms with E-state index in [0.29, 0.717) is 18.2 Å². The van der Waals surface area contributed by atoms with Gasteiger partial charge in [-0.05, 0) is 65.0 Å². The van der Waals surface area contributed by atoms with E-state index >= 15 is 4.39 Å². The Morgan fingerprint density at radius 1 is 1.07 bits per heavy atom. The number of nitrogens with zero attached hydrogens (tertiary/aromatic N) is 4. The zero-order chi connectivity index (χ0) is 30.7. The van der Waals surface area contributed by atoms with Crippen LogP contribution in [0.1, 0.15) is 46.6 Å². The molecule has 226 valence electrons. The fourth-order valence-electron chi connectivity index (χ4n) is 5.73. The van der Waals surface area contributed by atoms with E-state index in [4.69, 9.17) is 4.74 Å². The van der Waals surface area contributed by atoms with Crippen LogP contribution < -0.4 is 10.6 Å². The third-order valence-corrected chi connectivity index (χ3v) is 8.48. The Labute approximate surface area is 243 Å². The average Bonchev–Trinajstić information content (AvgIpc) is 3.08. The molecule has 0 N–H and O–H groups in total. The Hall–Kier alpha value is -3.35. The molecule has 3 heterocycles. The second kappa shape index (κ2) is 10.7. The molecule has 0 spiro atoms. The highest BCUT2D eigenvalue weighted by Gasteiger charge is 2.40. The highest BCUT2D eigenvalue weighted by molar-refractivity contribution is 7.99. The summed E-state index contributed by atoms with van der Waals surface area (Å²) < 4.78 is 79.8. The number of ether oxygens (including phenoxy) is 1. The number of thioether (sulfide) groups is 1. The Bertz CT molecular complexity index is 1610. The standard InChI is InChI=1S/C29H31F5N4O3S/c1-15-13-36(14-16(2)38(15)27(40)41-28(3,4)5)25-19-12-20(29(32,33)34)22(18-8-7-17(30)11-21(18)31)24-23(19)37(26(39)35-25)9-6-10-42-24/h7-8,11-12,15-16H,6,9-10,13-14H2,1-5H3. The summed E-state index contributed by atoms with van der Waals surface area (Å²) in [6.45, 7) is 9.46. The van der Waals surface area contributed by atoms with Gasteiger partial charge in [0.2, 0.25) is 0 Å². The largest absolute Gasteiger partial charge is 0.444 e. The predicted molar refractivity (Wildman–Crippen MR) is 151 cm³/mol. The molecule has 13 heteroatoms. The van der Waals surface area contributed by atoms with Crippen LogP contribution >= 0.6 is 11.8 Å². The summed E-state index contributed by atoms with van der Waals surface area (Å²) in [5.41, 5.74) is -3.06. The van der Waals surface area contributed by atoms with E-state index in [1.165, 1.54) is 4.57 Å². The molecule has 2 aliphatic heterocycles. The fraction of sp³-hybridized carbons (Fsp3) is 0.483. The van der Waals surface area contributed by atoms with Crippen LogP contribution in [-0.2, 0) is 17.5 Å². The van der Waals surface area contributed by atoms with E-state index in [1.807, 2.05) is 0 Å². The van der Waals surface area contributed by atoms with Crippen molar-refractivity contribution >= 4 is 34.6 Å². The number of benzene rings is 2. The number of aromatic nitrogens is 2. The van der Waals surface area contributed by atoms with Crippen molar-refractivity contribution in [1.82, 2.24) is 14.5 Å². The lowest BCUT2D eigenvalue weighted by atomic mass is 9.95. The third kappa shape index (κ3) is 5.55. The summed E-state index contributed by atoms with van der Waals surface area (Å²) in [6.07, 6.45) is -4.93. The molecule has 0 radical (unpaired) electrons. The molecule has 42 heavy (non-hydrogen) atoms. The monoisotopic (exact) mass is 610 g/mol. The SMILES string of the molecule is CC1CN(c2nc(=O)n3c4c(c(-c5ccc(F)cc5F)c(C(F)(F)F)cc24)SCCC3)CC(C)N1C(=O)OC(C)(C)C. The summed E-state index contributed by atoms with van der Waals surface area (Å²) in [5, 5.41) is 0.0997. The van der Waals surface area contributed by atoms with Crippen LogP contribution in [0.5, 0.6) is 0 Å². The maximum absolute atomic E-state index is 15.0. The molecule has 1 aromatic heterocycles. The summed E-state index contributed by atoms with van der Waals surface area (Å²) in [7, 11) is 0. The minimum absolute atomic E-state index is 0.0640. The van der Waals surface area contributed by atoms with Crippen LogP contribution in [0.4, 0.5) is 32.6 Å². The van der Waals surface area contributed by atoms with Gasteiger partial charge >= 0.3 is 18.0 Å². The number of carbonyl (C=O) groups excluding carboxylic acids is 1. The lowest BCUT2D eigenvalue weighted by Gasteiger charge is -2.45. The molecular weight excluding hydrogens is 579 g/mol. The Morgan fingerprint density at radius 2 is 1.74 bits per heavy atom. The molecule has 2 unspecified atom stereocenters. The van der Waals surface area contributed by atoms with Gasteiger partial charge in [0.15, 0.2) is 0 Å². The topological polar surface area (TPSA) is 67.7 Å². The molecular formula is C29H31F5N4O3S. The van der Waals surface area contributed by atoms with Gasteiger partial charge in [-0.1, -0.05) is 0 Å². The Kier molecular flexibility index (Phi) is 7.70. The molecule has 0 bridgehead atoms. The van der Waals surface area contributed by atoms with Crippen LogP contribution in [0.25, 0.3) is 22.0 Å². The number of amides is 1. The van der Waals surface area contributed by atoms with Gasteiger partial charge in [-0.3, -0.25) is 9.47 Å². The van der Waals surface area contributed by atoms with Gasteiger partial charge in [-0.25, -0.2) is 18.4 Å². The second-order valence-corrected chi connectivity index (χ2v) is 12.8. The minimum atomic E-state index is -4.90. The first kappa shape index (κ1) is 30.1. The third-order valence-electron chi connectivity index (χ3n) is 7.30. The number of rotatable bonds is 2. The van der Waals surface area contributed by atoms with E-state index in [9.17, 15) is 27.2 Å². The van der Waals surface area contributed by atoms with E-state index in [0.717, 1.165) is 30.0 Å². The molecule has 1 saturated heterocycles. The minimum Gasteiger partial charge on any atom is -0.444 e. The summed E-state index contributed by atoms with van der Waals surface area (Å²) >= 11 is 1.11. The van der Waals surface area contributed by atoms with Crippen LogP contribution in [-0.4, -0.2) is 57.1 Å².